The number of carbonyl (C=O) groups is 1. The van der Waals surface area contributed by atoms with Crippen LogP contribution in [0, 0.1) is 0 Å². The molecule has 0 spiro atoms. The topological polar surface area (TPSA) is 73.5 Å². The summed E-state index contributed by atoms with van der Waals surface area (Å²) < 4.78 is 7.71. The van der Waals surface area contributed by atoms with Crippen molar-refractivity contribution < 1.29 is 9.53 Å². The minimum Gasteiger partial charge on any atom is -0.423 e. The fourth-order valence-electron chi connectivity index (χ4n) is 3.70. The largest absolute Gasteiger partial charge is 0.423 e. The maximum Gasteiger partial charge on any atom is 0.336 e. The molecule has 0 aliphatic heterocycles. The van der Waals surface area contributed by atoms with Gasteiger partial charge in [-0.05, 0) is 60.2 Å². The molecule has 0 atom stereocenters. The molecule has 1 heterocycles. The number of ether oxygens (including phenoxy) is 1. The number of hydrogen-bond acceptors (Lipinski definition) is 5. The van der Waals surface area contributed by atoms with E-state index in [1.165, 1.54) is 17.0 Å². The molecule has 5 rings (SSSR count). The highest BCUT2D eigenvalue weighted by molar-refractivity contribution is 9.10. The van der Waals surface area contributed by atoms with E-state index in [0.717, 1.165) is 15.6 Å². The highest BCUT2D eigenvalue weighted by Gasteiger charge is 2.13. The fraction of sp³-hybridized carbons (Fsp3) is 0. The molecule has 0 aliphatic rings. The van der Waals surface area contributed by atoms with Crippen LogP contribution >= 0.6 is 27.5 Å². The number of hydrogen-bond donors (Lipinski definition) is 0. The fourth-order valence-corrected chi connectivity index (χ4v) is 4.09. The zero-order chi connectivity index (χ0) is 26.5. The third-order valence-corrected chi connectivity index (χ3v) is 6.36. The lowest BCUT2D eigenvalue weighted by Crippen LogP contribution is -2.20. The van der Waals surface area contributed by atoms with Crippen LogP contribution in [-0.4, -0.2) is 21.8 Å². The van der Waals surface area contributed by atoms with E-state index < -0.39 is 5.97 Å². The van der Waals surface area contributed by atoms with Crippen LogP contribution in [0.25, 0.3) is 28.4 Å². The lowest BCUT2D eigenvalue weighted by molar-refractivity contribution is -0.128. The Morgan fingerprint density at radius 3 is 2.42 bits per heavy atom. The Hall–Kier alpha value is -4.33. The predicted molar refractivity (Wildman–Crippen MR) is 155 cm³/mol. The molecule has 4 aromatic carbocycles. The minimum absolute atomic E-state index is 0.300. The average molecular weight is 585 g/mol. The summed E-state index contributed by atoms with van der Waals surface area (Å²) in [6, 6.07) is 28.6. The van der Waals surface area contributed by atoms with Crippen molar-refractivity contribution in [3.63, 3.8) is 0 Å². The van der Waals surface area contributed by atoms with Crippen molar-refractivity contribution in [1.29, 1.82) is 0 Å². The molecule has 0 bridgehead atoms. The summed E-state index contributed by atoms with van der Waals surface area (Å²) in [4.78, 5) is 30.6. The minimum atomic E-state index is -0.555. The number of fused-ring (bicyclic) bond motifs is 1. The van der Waals surface area contributed by atoms with Gasteiger partial charge in [0.15, 0.2) is 5.82 Å². The molecule has 0 N–H and O–H groups in total. The van der Waals surface area contributed by atoms with E-state index in [9.17, 15) is 9.59 Å². The Bertz CT molecular complexity index is 1740. The zero-order valence-electron chi connectivity index (χ0n) is 19.8. The Balaban J connectivity index is 1.48. The van der Waals surface area contributed by atoms with Crippen LogP contribution < -0.4 is 10.3 Å². The molecule has 38 heavy (non-hydrogen) atoms. The number of halogens is 2. The van der Waals surface area contributed by atoms with E-state index in [0.29, 0.717) is 33.1 Å². The van der Waals surface area contributed by atoms with Crippen molar-refractivity contribution in [3.05, 3.63) is 134 Å². The van der Waals surface area contributed by atoms with Gasteiger partial charge in [0.05, 0.1) is 17.1 Å². The second-order valence-corrected chi connectivity index (χ2v) is 9.52. The van der Waals surface area contributed by atoms with Gasteiger partial charge in [0.2, 0.25) is 0 Å². The highest BCUT2D eigenvalue weighted by atomic mass is 79.9. The van der Waals surface area contributed by atoms with Crippen LogP contribution in [0.1, 0.15) is 11.1 Å². The van der Waals surface area contributed by atoms with Crippen LogP contribution in [0.5, 0.6) is 5.75 Å². The predicted octanol–water partition coefficient (Wildman–Crippen LogP) is 6.98. The first-order valence-electron chi connectivity index (χ1n) is 11.5. The van der Waals surface area contributed by atoms with Gasteiger partial charge in [-0.25, -0.2) is 9.78 Å². The molecule has 0 amide bonds. The molecule has 8 heteroatoms. The number of carbonyl (C=O) groups excluding carboxylic acids is 1. The number of benzene rings is 4. The van der Waals surface area contributed by atoms with Crippen molar-refractivity contribution in [1.82, 2.24) is 9.66 Å². The third-order valence-electron chi connectivity index (χ3n) is 5.58. The van der Waals surface area contributed by atoms with Crippen molar-refractivity contribution in [2.75, 3.05) is 0 Å². The van der Waals surface area contributed by atoms with E-state index in [1.807, 2.05) is 30.3 Å². The molecule has 0 saturated carbocycles. The lowest BCUT2D eigenvalue weighted by atomic mass is 10.2. The van der Waals surface area contributed by atoms with Crippen molar-refractivity contribution in [2.24, 2.45) is 5.10 Å². The summed E-state index contributed by atoms with van der Waals surface area (Å²) in [5.41, 5.74) is 2.31. The van der Waals surface area contributed by atoms with Crippen LogP contribution in [0.15, 0.2) is 118 Å². The highest BCUT2D eigenvalue weighted by Crippen LogP contribution is 2.22. The standard InChI is InChI=1S/C30H19BrClN3O3/c31-23-14-12-21(13-15-23)29-34-26-7-3-2-6-25(26)30(37)35(29)33-19-22-5-1-4-8-27(22)38-28(36)18-11-20-9-16-24(32)17-10-20/h1-19H/b18-11+,33-19?. The molecule has 0 aliphatic carbocycles. The summed E-state index contributed by atoms with van der Waals surface area (Å²) in [5.74, 6) is 0.132. The SMILES string of the molecule is O=C(/C=C/c1ccc(Cl)cc1)Oc1ccccc1C=Nn1c(-c2ccc(Br)cc2)nc2ccccc2c1=O. The lowest BCUT2D eigenvalue weighted by Gasteiger charge is -2.10. The Morgan fingerprint density at radius 2 is 1.63 bits per heavy atom. The molecule has 0 fully saturated rings. The van der Waals surface area contributed by atoms with Gasteiger partial charge in [0, 0.05) is 26.7 Å². The molecule has 0 radical (unpaired) electrons. The van der Waals surface area contributed by atoms with Gasteiger partial charge in [-0.1, -0.05) is 76.1 Å². The van der Waals surface area contributed by atoms with Gasteiger partial charge in [0.1, 0.15) is 5.75 Å². The van der Waals surface area contributed by atoms with E-state index in [-0.39, 0.29) is 5.56 Å². The second kappa shape index (κ2) is 11.4. The molecular weight excluding hydrogens is 566 g/mol. The van der Waals surface area contributed by atoms with Crippen LogP contribution in [0.3, 0.4) is 0 Å². The van der Waals surface area contributed by atoms with E-state index in [4.69, 9.17) is 21.3 Å². The molecule has 0 saturated heterocycles. The maximum absolute atomic E-state index is 13.4. The summed E-state index contributed by atoms with van der Waals surface area (Å²) in [6.07, 6.45) is 4.45. The number of aromatic nitrogens is 2. The number of esters is 1. The number of rotatable bonds is 6. The van der Waals surface area contributed by atoms with Crippen molar-refractivity contribution >= 4 is 56.7 Å². The van der Waals surface area contributed by atoms with Gasteiger partial charge in [-0.2, -0.15) is 9.78 Å². The Kier molecular flexibility index (Phi) is 7.58. The Morgan fingerprint density at radius 1 is 0.921 bits per heavy atom. The third kappa shape index (κ3) is 5.80. The van der Waals surface area contributed by atoms with Crippen LogP contribution in [0.2, 0.25) is 5.02 Å². The first-order valence-corrected chi connectivity index (χ1v) is 12.7. The molecular formula is C30H19BrClN3O3. The van der Waals surface area contributed by atoms with Crippen LogP contribution in [-0.2, 0) is 4.79 Å². The monoisotopic (exact) mass is 583 g/mol. The first kappa shape index (κ1) is 25.3. The van der Waals surface area contributed by atoms with Gasteiger partial charge in [0.25, 0.3) is 5.56 Å². The zero-order valence-corrected chi connectivity index (χ0v) is 22.1. The molecule has 0 unspecified atom stereocenters. The molecule has 186 valence electrons. The summed E-state index contributed by atoms with van der Waals surface area (Å²) >= 11 is 9.34. The van der Waals surface area contributed by atoms with Gasteiger partial charge >= 0.3 is 5.97 Å². The van der Waals surface area contributed by atoms with E-state index in [2.05, 4.69) is 21.0 Å². The van der Waals surface area contributed by atoms with Gasteiger partial charge in [-0.3, -0.25) is 4.79 Å². The maximum atomic E-state index is 13.4. The Labute approximate surface area is 231 Å². The van der Waals surface area contributed by atoms with Crippen molar-refractivity contribution in [2.45, 2.75) is 0 Å². The quantitative estimate of drug-likeness (QED) is 0.0934. The summed E-state index contributed by atoms with van der Waals surface area (Å²) in [6.45, 7) is 0. The first-order chi connectivity index (χ1) is 18.5. The molecule has 6 nitrogen and oxygen atoms in total. The van der Waals surface area contributed by atoms with Gasteiger partial charge < -0.3 is 4.74 Å². The summed E-state index contributed by atoms with van der Waals surface area (Å²) in [5, 5.41) is 5.53. The molecule has 1 aromatic heterocycles. The normalized spacial score (nSPS) is 11.4. The van der Waals surface area contributed by atoms with Gasteiger partial charge in [-0.15, -0.1) is 0 Å². The van der Waals surface area contributed by atoms with E-state index in [1.54, 1.807) is 72.8 Å². The average Bonchev–Trinajstić information content (AvgIpc) is 2.93. The smallest absolute Gasteiger partial charge is 0.336 e. The molecule has 5 aromatic rings. The van der Waals surface area contributed by atoms with Crippen molar-refractivity contribution in [3.8, 4) is 17.1 Å². The van der Waals surface area contributed by atoms with E-state index >= 15 is 0 Å². The van der Waals surface area contributed by atoms with Crippen LogP contribution in [0.4, 0.5) is 0 Å². The second-order valence-electron chi connectivity index (χ2n) is 8.16. The summed E-state index contributed by atoms with van der Waals surface area (Å²) in [7, 11) is 0. The number of nitrogens with zero attached hydrogens (tertiary/aromatic N) is 3. The number of para-hydroxylation sites is 2.